The highest BCUT2D eigenvalue weighted by Crippen LogP contribution is 2.20. The molecule has 1 aromatic heterocycles. The van der Waals surface area contributed by atoms with Crippen molar-refractivity contribution in [3.05, 3.63) is 29.7 Å². The van der Waals surface area contributed by atoms with Crippen LogP contribution in [0, 0.1) is 0 Å². The van der Waals surface area contributed by atoms with Crippen LogP contribution in [0.3, 0.4) is 0 Å². The largest absolute Gasteiger partial charge is 0.411 e. The SMILES string of the molecule is C=CCNS(=O)(=O)c1sccc1/C=N\O. The first-order valence-electron chi connectivity index (χ1n) is 3.97. The summed E-state index contributed by atoms with van der Waals surface area (Å²) in [5, 5.41) is 12.8. The van der Waals surface area contributed by atoms with Crippen molar-refractivity contribution in [2.24, 2.45) is 5.16 Å². The highest BCUT2D eigenvalue weighted by Gasteiger charge is 2.18. The van der Waals surface area contributed by atoms with Crippen LogP contribution < -0.4 is 4.72 Å². The van der Waals surface area contributed by atoms with Gasteiger partial charge < -0.3 is 5.21 Å². The molecule has 0 saturated carbocycles. The minimum atomic E-state index is -3.54. The minimum absolute atomic E-state index is 0.127. The number of sulfonamides is 1. The zero-order valence-electron chi connectivity index (χ0n) is 7.75. The fourth-order valence-corrected chi connectivity index (χ4v) is 3.26. The highest BCUT2D eigenvalue weighted by molar-refractivity contribution is 7.91. The molecule has 0 atom stereocenters. The van der Waals surface area contributed by atoms with Gasteiger partial charge in [-0.25, -0.2) is 13.1 Å². The number of nitrogens with one attached hydrogen (secondary N) is 1. The number of rotatable bonds is 5. The molecule has 0 saturated heterocycles. The smallest absolute Gasteiger partial charge is 0.250 e. The van der Waals surface area contributed by atoms with Crippen LogP contribution in [0.5, 0.6) is 0 Å². The predicted molar refractivity (Wildman–Crippen MR) is 59.1 cm³/mol. The van der Waals surface area contributed by atoms with Gasteiger partial charge in [0.1, 0.15) is 4.21 Å². The molecule has 0 fully saturated rings. The lowest BCUT2D eigenvalue weighted by atomic mass is 10.4. The number of thiophene rings is 1. The van der Waals surface area contributed by atoms with E-state index in [1.807, 2.05) is 0 Å². The second kappa shape index (κ2) is 5.06. The van der Waals surface area contributed by atoms with Gasteiger partial charge in [-0.3, -0.25) is 0 Å². The first-order chi connectivity index (χ1) is 7.11. The van der Waals surface area contributed by atoms with Crippen molar-refractivity contribution in [1.29, 1.82) is 0 Å². The lowest BCUT2D eigenvalue weighted by molar-refractivity contribution is 0.322. The summed E-state index contributed by atoms with van der Waals surface area (Å²) in [6, 6.07) is 1.56. The van der Waals surface area contributed by atoms with E-state index in [-0.39, 0.29) is 10.8 Å². The van der Waals surface area contributed by atoms with Gasteiger partial charge >= 0.3 is 0 Å². The Labute approximate surface area is 91.8 Å². The standard InChI is InChI=1S/C8H10N2O3S2/c1-2-4-10-15(12,13)8-7(6-9-11)3-5-14-8/h2-3,5-6,10-11H,1,4H2/b9-6-. The predicted octanol–water partition coefficient (Wildman–Crippen LogP) is 1.02. The molecule has 1 aromatic rings. The Morgan fingerprint density at radius 2 is 2.40 bits per heavy atom. The Bertz CT molecular complexity index is 462. The van der Waals surface area contributed by atoms with Gasteiger partial charge in [0, 0.05) is 12.1 Å². The van der Waals surface area contributed by atoms with Crippen LogP contribution in [0.25, 0.3) is 0 Å². The molecular formula is C8H10N2O3S2. The van der Waals surface area contributed by atoms with Gasteiger partial charge in [0.2, 0.25) is 0 Å². The molecule has 0 aliphatic carbocycles. The number of oxime groups is 1. The third kappa shape index (κ3) is 2.88. The number of hydrogen-bond donors (Lipinski definition) is 2. The van der Waals surface area contributed by atoms with Crippen molar-refractivity contribution >= 4 is 27.6 Å². The van der Waals surface area contributed by atoms with Crippen LogP contribution in [-0.2, 0) is 10.0 Å². The van der Waals surface area contributed by atoms with Crippen LogP contribution in [0.4, 0.5) is 0 Å². The maximum atomic E-state index is 11.7. The topological polar surface area (TPSA) is 78.8 Å². The zero-order valence-corrected chi connectivity index (χ0v) is 9.38. The third-order valence-corrected chi connectivity index (χ3v) is 4.46. The number of hydrogen-bond acceptors (Lipinski definition) is 5. The van der Waals surface area contributed by atoms with E-state index in [1.165, 1.54) is 6.08 Å². The Balaban J connectivity index is 3.04. The van der Waals surface area contributed by atoms with Gasteiger partial charge in [0.05, 0.1) is 6.21 Å². The molecule has 82 valence electrons. The summed E-state index contributed by atoms with van der Waals surface area (Å²) in [6.45, 7) is 3.58. The molecule has 0 aromatic carbocycles. The third-order valence-electron chi connectivity index (χ3n) is 1.52. The monoisotopic (exact) mass is 246 g/mol. The van der Waals surface area contributed by atoms with Crippen molar-refractivity contribution in [3.63, 3.8) is 0 Å². The molecule has 0 radical (unpaired) electrons. The van der Waals surface area contributed by atoms with Gasteiger partial charge in [-0.1, -0.05) is 11.2 Å². The van der Waals surface area contributed by atoms with E-state index in [0.29, 0.717) is 5.56 Å². The molecule has 7 heteroatoms. The molecule has 5 nitrogen and oxygen atoms in total. The van der Waals surface area contributed by atoms with E-state index in [1.54, 1.807) is 11.4 Å². The maximum Gasteiger partial charge on any atom is 0.250 e. The van der Waals surface area contributed by atoms with E-state index in [2.05, 4.69) is 16.5 Å². The van der Waals surface area contributed by atoms with Crippen molar-refractivity contribution in [2.45, 2.75) is 4.21 Å². The summed E-state index contributed by atoms with van der Waals surface area (Å²) >= 11 is 1.06. The first-order valence-corrected chi connectivity index (χ1v) is 6.33. The maximum absolute atomic E-state index is 11.7. The van der Waals surface area contributed by atoms with Crippen molar-refractivity contribution < 1.29 is 13.6 Å². The fourth-order valence-electron chi connectivity index (χ4n) is 0.916. The molecule has 15 heavy (non-hydrogen) atoms. The Morgan fingerprint density at radius 3 is 3.00 bits per heavy atom. The summed E-state index contributed by atoms with van der Waals surface area (Å²) in [7, 11) is -3.54. The minimum Gasteiger partial charge on any atom is -0.411 e. The Kier molecular flexibility index (Phi) is 4.01. The molecule has 0 unspecified atom stereocenters. The summed E-state index contributed by atoms with van der Waals surface area (Å²) in [6.07, 6.45) is 2.53. The molecule has 1 rings (SSSR count). The summed E-state index contributed by atoms with van der Waals surface area (Å²) < 4.78 is 25.8. The summed E-state index contributed by atoms with van der Waals surface area (Å²) in [4.78, 5) is 0. The Hall–Kier alpha value is -1.18. The fraction of sp³-hybridized carbons (Fsp3) is 0.125. The van der Waals surface area contributed by atoms with Crippen molar-refractivity contribution in [2.75, 3.05) is 6.54 Å². The van der Waals surface area contributed by atoms with Gasteiger partial charge in [0.25, 0.3) is 10.0 Å². The molecule has 2 N–H and O–H groups in total. The molecule has 0 amide bonds. The van der Waals surface area contributed by atoms with Gasteiger partial charge in [-0.05, 0) is 11.4 Å². The van der Waals surface area contributed by atoms with Crippen LogP contribution >= 0.6 is 11.3 Å². The Morgan fingerprint density at radius 1 is 1.67 bits per heavy atom. The van der Waals surface area contributed by atoms with E-state index in [9.17, 15) is 8.42 Å². The average molecular weight is 246 g/mol. The molecule has 0 spiro atoms. The lowest BCUT2D eigenvalue weighted by Crippen LogP contribution is -2.23. The van der Waals surface area contributed by atoms with Gasteiger partial charge in [-0.15, -0.1) is 17.9 Å². The van der Waals surface area contributed by atoms with Crippen LogP contribution in [-0.4, -0.2) is 26.4 Å². The molecule has 0 aliphatic heterocycles. The average Bonchev–Trinajstić information content (AvgIpc) is 2.64. The zero-order chi connectivity index (χ0) is 11.3. The molecule has 0 bridgehead atoms. The van der Waals surface area contributed by atoms with Crippen LogP contribution in [0.1, 0.15) is 5.56 Å². The highest BCUT2D eigenvalue weighted by atomic mass is 32.2. The van der Waals surface area contributed by atoms with E-state index < -0.39 is 10.0 Å². The van der Waals surface area contributed by atoms with Gasteiger partial charge in [0.15, 0.2) is 0 Å². The van der Waals surface area contributed by atoms with Crippen LogP contribution in [0.15, 0.2) is 33.5 Å². The van der Waals surface area contributed by atoms with Crippen LogP contribution in [0.2, 0.25) is 0 Å². The first kappa shape index (κ1) is 11.9. The molecular weight excluding hydrogens is 236 g/mol. The molecule has 1 heterocycles. The van der Waals surface area contributed by atoms with Crippen molar-refractivity contribution in [3.8, 4) is 0 Å². The molecule has 0 aliphatic rings. The van der Waals surface area contributed by atoms with E-state index in [4.69, 9.17) is 5.21 Å². The number of nitrogens with zero attached hydrogens (tertiary/aromatic N) is 1. The summed E-state index contributed by atoms with van der Waals surface area (Å²) in [5.74, 6) is 0. The van der Waals surface area contributed by atoms with E-state index >= 15 is 0 Å². The quantitative estimate of drug-likeness (QED) is 0.352. The van der Waals surface area contributed by atoms with Gasteiger partial charge in [-0.2, -0.15) is 0 Å². The second-order valence-electron chi connectivity index (χ2n) is 2.55. The van der Waals surface area contributed by atoms with Crippen molar-refractivity contribution in [1.82, 2.24) is 4.72 Å². The summed E-state index contributed by atoms with van der Waals surface area (Å²) in [5.41, 5.74) is 0.360. The normalized spacial score (nSPS) is 12.0. The lowest BCUT2D eigenvalue weighted by Gasteiger charge is -2.02. The van der Waals surface area contributed by atoms with E-state index in [0.717, 1.165) is 17.6 Å². The second-order valence-corrected chi connectivity index (χ2v) is 5.43.